The molecule has 92 valence electrons. The molecule has 0 aromatic rings. The minimum absolute atomic E-state index is 0.170. The Morgan fingerprint density at radius 2 is 2.12 bits per heavy atom. The molecule has 1 fully saturated rings. The van der Waals surface area contributed by atoms with Gasteiger partial charge >= 0.3 is 0 Å². The third kappa shape index (κ3) is 2.75. The molecule has 2 unspecified atom stereocenters. The van der Waals surface area contributed by atoms with E-state index in [4.69, 9.17) is 5.26 Å². The summed E-state index contributed by atoms with van der Waals surface area (Å²) in [5.41, 5.74) is 0.170. The molecule has 1 rings (SSSR count). The van der Waals surface area contributed by atoms with Gasteiger partial charge in [0, 0.05) is 30.7 Å². The van der Waals surface area contributed by atoms with Gasteiger partial charge < -0.3 is 0 Å². The minimum Gasteiger partial charge on any atom is -0.297 e. The second-order valence-electron chi connectivity index (χ2n) is 5.63. The molecule has 0 amide bonds. The Labute approximate surface area is 100 Å². The van der Waals surface area contributed by atoms with Crippen LogP contribution in [-0.4, -0.2) is 47.6 Å². The molecule has 0 aromatic carbocycles. The third-order valence-electron chi connectivity index (χ3n) is 4.08. The zero-order chi connectivity index (χ0) is 12.3. The quantitative estimate of drug-likeness (QED) is 0.734. The van der Waals surface area contributed by atoms with Crippen LogP contribution in [0.15, 0.2) is 0 Å². The fourth-order valence-electron chi connectivity index (χ4n) is 2.46. The van der Waals surface area contributed by atoms with Gasteiger partial charge in [0.25, 0.3) is 0 Å². The Balaban J connectivity index is 2.78. The van der Waals surface area contributed by atoms with Gasteiger partial charge in [-0.15, -0.1) is 0 Å². The van der Waals surface area contributed by atoms with Crippen molar-refractivity contribution in [1.82, 2.24) is 9.80 Å². The van der Waals surface area contributed by atoms with Gasteiger partial charge in [-0.05, 0) is 34.2 Å². The molecule has 0 spiro atoms. The van der Waals surface area contributed by atoms with Crippen LogP contribution in [0.25, 0.3) is 0 Å². The lowest BCUT2D eigenvalue weighted by Crippen LogP contribution is -2.63. The molecule has 1 saturated heterocycles. The van der Waals surface area contributed by atoms with E-state index >= 15 is 0 Å². The molecule has 0 N–H and O–H groups in total. The summed E-state index contributed by atoms with van der Waals surface area (Å²) in [6, 6.07) is 3.31. The number of rotatable bonds is 3. The molecule has 3 nitrogen and oxygen atoms in total. The third-order valence-corrected chi connectivity index (χ3v) is 4.08. The van der Waals surface area contributed by atoms with E-state index < -0.39 is 0 Å². The van der Waals surface area contributed by atoms with Gasteiger partial charge in [0.05, 0.1) is 12.5 Å². The van der Waals surface area contributed by atoms with Crippen molar-refractivity contribution in [1.29, 1.82) is 5.26 Å². The maximum atomic E-state index is 8.89. The first kappa shape index (κ1) is 13.5. The highest BCUT2D eigenvalue weighted by molar-refractivity contribution is 4.97. The second kappa shape index (κ2) is 5.16. The van der Waals surface area contributed by atoms with E-state index in [1.807, 2.05) is 0 Å². The highest BCUT2D eigenvalue weighted by Gasteiger charge is 2.38. The molecule has 1 aliphatic heterocycles. The van der Waals surface area contributed by atoms with Gasteiger partial charge in [-0.2, -0.15) is 5.26 Å². The molecule has 0 saturated carbocycles. The Bertz CT molecular complexity index is 267. The topological polar surface area (TPSA) is 30.3 Å². The van der Waals surface area contributed by atoms with Crippen molar-refractivity contribution in [3.05, 3.63) is 0 Å². The molecule has 3 heteroatoms. The summed E-state index contributed by atoms with van der Waals surface area (Å²) in [6.45, 7) is 11.2. The van der Waals surface area contributed by atoms with Gasteiger partial charge in [-0.25, -0.2) is 0 Å². The zero-order valence-corrected chi connectivity index (χ0v) is 11.3. The number of hydrogen-bond acceptors (Lipinski definition) is 3. The summed E-state index contributed by atoms with van der Waals surface area (Å²) < 4.78 is 0. The van der Waals surface area contributed by atoms with Crippen LogP contribution in [0.3, 0.4) is 0 Å². The summed E-state index contributed by atoms with van der Waals surface area (Å²) >= 11 is 0. The fraction of sp³-hybridized carbons (Fsp3) is 0.923. The molecule has 0 aliphatic carbocycles. The van der Waals surface area contributed by atoms with Crippen LogP contribution in [0.2, 0.25) is 0 Å². The van der Waals surface area contributed by atoms with Crippen molar-refractivity contribution in [2.24, 2.45) is 0 Å². The number of piperazine rings is 1. The van der Waals surface area contributed by atoms with Crippen LogP contribution in [0.5, 0.6) is 0 Å². The van der Waals surface area contributed by atoms with Crippen LogP contribution in [0.1, 0.15) is 40.5 Å². The number of hydrogen-bond donors (Lipinski definition) is 0. The lowest BCUT2D eigenvalue weighted by Gasteiger charge is -2.51. The highest BCUT2D eigenvalue weighted by atomic mass is 15.3. The molecular weight excluding hydrogens is 198 g/mol. The first-order valence-corrected chi connectivity index (χ1v) is 6.26. The van der Waals surface area contributed by atoms with Gasteiger partial charge in [0.2, 0.25) is 0 Å². The van der Waals surface area contributed by atoms with Gasteiger partial charge in [-0.3, -0.25) is 9.80 Å². The monoisotopic (exact) mass is 223 g/mol. The van der Waals surface area contributed by atoms with Gasteiger partial charge in [-0.1, -0.05) is 6.92 Å². The maximum absolute atomic E-state index is 8.89. The first-order valence-electron chi connectivity index (χ1n) is 6.26. The largest absolute Gasteiger partial charge is 0.297 e. The molecule has 0 aromatic heterocycles. The highest BCUT2D eigenvalue weighted by Crippen LogP contribution is 2.26. The van der Waals surface area contributed by atoms with Crippen molar-refractivity contribution in [3.63, 3.8) is 0 Å². The van der Waals surface area contributed by atoms with Crippen LogP contribution in [0, 0.1) is 11.3 Å². The molecule has 2 atom stereocenters. The van der Waals surface area contributed by atoms with Crippen molar-refractivity contribution in [3.8, 4) is 6.07 Å². The van der Waals surface area contributed by atoms with E-state index in [1.165, 1.54) is 6.42 Å². The van der Waals surface area contributed by atoms with Crippen LogP contribution in [0.4, 0.5) is 0 Å². The SMILES string of the molecule is CCC(C)N1CC(CC#N)N(C)C(C)(C)C1. The lowest BCUT2D eigenvalue weighted by molar-refractivity contribution is -0.0207. The Hall–Kier alpha value is -0.590. The van der Waals surface area contributed by atoms with Crippen LogP contribution < -0.4 is 0 Å². The van der Waals surface area contributed by atoms with Gasteiger partial charge in [0.15, 0.2) is 0 Å². The summed E-state index contributed by atoms with van der Waals surface area (Å²) in [6.07, 6.45) is 1.81. The summed E-state index contributed by atoms with van der Waals surface area (Å²) in [7, 11) is 2.15. The average molecular weight is 223 g/mol. The lowest BCUT2D eigenvalue weighted by atomic mass is 9.93. The van der Waals surface area contributed by atoms with Crippen LogP contribution >= 0.6 is 0 Å². The molecular formula is C13H25N3. The molecule has 0 bridgehead atoms. The average Bonchev–Trinajstić information content (AvgIpc) is 2.23. The smallest absolute Gasteiger partial charge is 0.0638 e. The summed E-state index contributed by atoms with van der Waals surface area (Å²) in [4.78, 5) is 4.90. The second-order valence-corrected chi connectivity index (χ2v) is 5.63. The van der Waals surface area contributed by atoms with Crippen molar-refractivity contribution >= 4 is 0 Å². The summed E-state index contributed by atoms with van der Waals surface area (Å²) in [5.74, 6) is 0. The molecule has 1 heterocycles. The van der Waals surface area contributed by atoms with Gasteiger partial charge in [0.1, 0.15) is 0 Å². The van der Waals surface area contributed by atoms with E-state index in [9.17, 15) is 0 Å². The Morgan fingerprint density at radius 1 is 1.50 bits per heavy atom. The van der Waals surface area contributed by atoms with E-state index in [2.05, 4.69) is 50.6 Å². The minimum atomic E-state index is 0.170. The van der Waals surface area contributed by atoms with Crippen LogP contribution in [-0.2, 0) is 0 Å². The van der Waals surface area contributed by atoms with E-state index in [0.29, 0.717) is 18.5 Å². The van der Waals surface area contributed by atoms with Crippen molar-refractivity contribution in [2.45, 2.75) is 58.2 Å². The fourth-order valence-corrected chi connectivity index (χ4v) is 2.46. The first-order chi connectivity index (χ1) is 7.42. The van der Waals surface area contributed by atoms with E-state index in [0.717, 1.165) is 13.1 Å². The Morgan fingerprint density at radius 3 is 2.62 bits per heavy atom. The van der Waals surface area contributed by atoms with E-state index in [1.54, 1.807) is 0 Å². The molecule has 0 radical (unpaired) electrons. The molecule has 16 heavy (non-hydrogen) atoms. The predicted molar refractivity (Wildman–Crippen MR) is 67.2 cm³/mol. The summed E-state index contributed by atoms with van der Waals surface area (Å²) in [5, 5.41) is 8.89. The predicted octanol–water partition coefficient (Wildman–Crippen LogP) is 2.09. The van der Waals surface area contributed by atoms with Crippen molar-refractivity contribution in [2.75, 3.05) is 20.1 Å². The maximum Gasteiger partial charge on any atom is 0.0638 e. The Kier molecular flexibility index (Phi) is 4.35. The molecule has 1 aliphatic rings. The normalized spacial score (nSPS) is 28.6. The standard InChI is InChI=1S/C13H25N3/c1-6-11(2)16-9-12(7-8-14)15(5)13(3,4)10-16/h11-12H,6-7,9-10H2,1-5H3. The number of nitrogens with zero attached hydrogens (tertiary/aromatic N) is 3. The van der Waals surface area contributed by atoms with Crippen molar-refractivity contribution < 1.29 is 0 Å². The zero-order valence-electron chi connectivity index (χ0n) is 11.3. The number of likely N-dealkylation sites (N-methyl/N-ethyl adjacent to an activating group) is 1. The van der Waals surface area contributed by atoms with E-state index in [-0.39, 0.29) is 5.54 Å². The number of nitriles is 1.